The molecule has 0 saturated carbocycles. The first-order chi connectivity index (χ1) is 9.97. The summed E-state index contributed by atoms with van der Waals surface area (Å²) in [6.07, 6.45) is 1.70. The summed E-state index contributed by atoms with van der Waals surface area (Å²) >= 11 is 7.20. The second kappa shape index (κ2) is 5.95. The summed E-state index contributed by atoms with van der Waals surface area (Å²) in [4.78, 5) is 28.7. The second-order valence-corrected chi connectivity index (χ2v) is 5.03. The van der Waals surface area contributed by atoms with E-state index in [1.165, 1.54) is 30.0 Å². The van der Waals surface area contributed by atoms with E-state index in [0.29, 0.717) is 0 Å². The number of hydrogen-bond donors (Lipinski definition) is 1. The van der Waals surface area contributed by atoms with E-state index >= 15 is 0 Å². The van der Waals surface area contributed by atoms with Gasteiger partial charge in [0.15, 0.2) is 5.16 Å². The first-order valence-electron chi connectivity index (χ1n) is 5.50. The largest absolute Gasteiger partial charge is 0.300 e. The number of nitriles is 1. The van der Waals surface area contributed by atoms with Crippen LogP contribution in [0.5, 0.6) is 0 Å². The lowest BCUT2D eigenvalue weighted by molar-refractivity contribution is -0.384. The van der Waals surface area contributed by atoms with E-state index in [1.807, 2.05) is 0 Å². The third-order valence-corrected chi connectivity index (χ3v) is 3.53. The minimum atomic E-state index is -0.616. The molecule has 0 unspecified atom stereocenters. The molecule has 1 heterocycles. The van der Waals surface area contributed by atoms with Crippen LogP contribution in [0.1, 0.15) is 5.56 Å². The van der Waals surface area contributed by atoms with Gasteiger partial charge in [-0.25, -0.2) is 4.98 Å². The van der Waals surface area contributed by atoms with E-state index < -0.39 is 10.5 Å². The normalized spacial score (nSPS) is 10.1. The number of rotatable bonds is 3. The Labute approximate surface area is 127 Å². The highest BCUT2D eigenvalue weighted by Crippen LogP contribution is 2.31. The molecule has 0 aliphatic carbocycles. The van der Waals surface area contributed by atoms with Crippen LogP contribution in [0.2, 0.25) is 5.02 Å². The molecule has 9 heteroatoms. The van der Waals surface area contributed by atoms with E-state index in [2.05, 4.69) is 9.97 Å². The number of nitrogens with one attached hydrogen (secondary N) is 1. The smallest absolute Gasteiger partial charge is 0.270 e. The summed E-state index contributed by atoms with van der Waals surface area (Å²) in [6, 6.07) is 5.50. The molecule has 0 amide bonds. The monoisotopic (exact) mass is 322 g/mol. The van der Waals surface area contributed by atoms with Gasteiger partial charge < -0.3 is 4.98 Å². The molecule has 0 aliphatic rings. The third-order valence-electron chi connectivity index (χ3n) is 2.62. The van der Waals surface area contributed by atoms with Gasteiger partial charge in [0.2, 0.25) is 0 Å². The van der Waals surface area contributed by atoms with E-state index in [1.54, 1.807) is 12.3 Å². The number of H-pyrrole nitrogens is 1. The number of benzene rings is 1. The zero-order valence-electron chi connectivity index (χ0n) is 10.6. The maximum atomic E-state index is 11.8. The van der Waals surface area contributed by atoms with Gasteiger partial charge in [-0.05, 0) is 12.3 Å². The Morgan fingerprint density at radius 2 is 2.24 bits per heavy atom. The second-order valence-electron chi connectivity index (χ2n) is 3.83. The molecule has 0 fully saturated rings. The molecule has 21 heavy (non-hydrogen) atoms. The predicted octanol–water partition coefficient (Wildman–Crippen LogP) is 2.59. The first-order valence-corrected chi connectivity index (χ1v) is 7.11. The van der Waals surface area contributed by atoms with Crippen LogP contribution in [0, 0.1) is 21.4 Å². The number of hydrogen-bond acceptors (Lipinski definition) is 6. The van der Waals surface area contributed by atoms with Crippen LogP contribution >= 0.6 is 23.4 Å². The van der Waals surface area contributed by atoms with Gasteiger partial charge in [0, 0.05) is 17.7 Å². The van der Waals surface area contributed by atoms with Crippen LogP contribution in [0.25, 0.3) is 11.3 Å². The molecule has 0 saturated heterocycles. The molecule has 1 aromatic heterocycles. The summed E-state index contributed by atoms with van der Waals surface area (Å²) in [5, 5.41) is 20.4. The molecule has 0 atom stereocenters. The highest BCUT2D eigenvalue weighted by Gasteiger charge is 2.18. The molecule has 0 aliphatic heterocycles. The molecule has 106 valence electrons. The average Bonchev–Trinajstić information content (AvgIpc) is 2.46. The highest BCUT2D eigenvalue weighted by molar-refractivity contribution is 7.98. The maximum absolute atomic E-state index is 11.8. The molecule has 0 spiro atoms. The average molecular weight is 323 g/mol. The number of aromatic nitrogens is 2. The van der Waals surface area contributed by atoms with Gasteiger partial charge >= 0.3 is 0 Å². The van der Waals surface area contributed by atoms with Crippen molar-refractivity contribution in [3.63, 3.8) is 0 Å². The highest BCUT2D eigenvalue weighted by atomic mass is 35.5. The van der Waals surface area contributed by atoms with Crippen LogP contribution in [0.3, 0.4) is 0 Å². The van der Waals surface area contributed by atoms with Gasteiger partial charge in [-0.15, -0.1) is 0 Å². The maximum Gasteiger partial charge on any atom is 0.270 e. The van der Waals surface area contributed by atoms with Crippen molar-refractivity contribution in [3.05, 3.63) is 49.3 Å². The van der Waals surface area contributed by atoms with Gasteiger partial charge in [-0.3, -0.25) is 14.9 Å². The van der Waals surface area contributed by atoms with Crippen LogP contribution in [-0.2, 0) is 0 Å². The van der Waals surface area contributed by atoms with Gasteiger partial charge in [-0.1, -0.05) is 23.4 Å². The van der Waals surface area contributed by atoms with Gasteiger partial charge in [-0.2, -0.15) is 5.26 Å². The summed E-state index contributed by atoms with van der Waals surface area (Å²) < 4.78 is 0. The summed E-state index contributed by atoms with van der Waals surface area (Å²) in [5.41, 5.74) is -0.862. The Morgan fingerprint density at radius 3 is 2.81 bits per heavy atom. The van der Waals surface area contributed by atoms with Crippen molar-refractivity contribution in [2.24, 2.45) is 0 Å². The van der Waals surface area contributed by atoms with Crippen LogP contribution in [0.4, 0.5) is 5.69 Å². The summed E-state index contributed by atoms with van der Waals surface area (Å²) in [5.74, 6) is 0. The molecule has 0 bridgehead atoms. The lowest BCUT2D eigenvalue weighted by Gasteiger charge is -2.07. The number of aromatic amines is 1. The SMILES string of the molecule is CSc1nc(-c2cc([N+](=O)[O-])ccc2Cl)c(C#N)c(=O)[nH]1. The van der Waals surface area contributed by atoms with E-state index in [9.17, 15) is 14.9 Å². The zero-order chi connectivity index (χ0) is 15.6. The van der Waals surface area contributed by atoms with Crippen LogP contribution < -0.4 is 5.56 Å². The molecule has 0 radical (unpaired) electrons. The molecule has 2 rings (SSSR count). The van der Waals surface area contributed by atoms with Crippen molar-refractivity contribution in [1.29, 1.82) is 5.26 Å². The lowest BCUT2D eigenvalue weighted by atomic mass is 10.1. The lowest BCUT2D eigenvalue weighted by Crippen LogP contribution is -2.14. The van der Waals surface area contributed by atoms with E-state index in [0.717, 1.165) is 0 Å². The Bertz CT molecular complexity index is 828. The number of halogens is 1. The van der Waals surface area contributed by atoms with Crippen molar-refractivity contribution < 1.29 is 4.92 Å². The van der Waals surface area contributed by atoms with Crippen molar-refractivity contribution in [1.82, 2.24) is 9.97 Å². The number of nitro benzene ring substituents is 1. The Morgan fingerprint density at radius 1 is 1.52 bits per heavy atom. The Kier molecular flexibility index (Phi) is 4.26. The van der Waals surface area contributed by atoms with Gasteiger partial charge in [0.1, 0.15) is 11.6 Å². The van der Waals surface area contributed by atoms with Gasteiger partial charge in [0.25, 0.3) is 11.2 Å². The number of non-ortho nitro benzene ring substituents is 1. The van der Waals surface area contributed by atoms with Crippen molar-refractivity contribution >= 4 is 29.1 Å². The zero-order valence-corrected chi connectivity index (χ0v) is 12.2. The van der Waals surface area contributed by atoms with Crippen LogP contribution in [-0.4, -0.2) is 21.1 Å². The minimum absolute atomic E-state index is 0.0271. The fourth-order valence-electron chi connectivity index (χ4n) is 1.66. The fourth-order valence-corrected chi connectivity index (χ4v) is 2.24. The Hall–Kier alpha value is -2.37. The van der Waals surface area contributed by atoms with E-state index in [-0.39, 0.29) is 32.7 Å². The molecular weight excluding hydrogens is 316 g/mol. The summed E-state index contributed by atoms with van der Waals surface area (Å²) in [6.45, 7) is 0. The number of nitro groups is 1. The summed E-state index contributed by atoms with van der Waals surface area (Å²) in [7, 11) is 0. The van der Waals surface area contributed by atoms with E-state index in [4.69, 9.17) is 16.9 Å². The standard InChI is InChI=1S/C12H7ClN4O3S/c1-21-12-15-10(8(5-14)11(18)16-12)7-4-6(17(19)20)2-3-9(7)13/h2-4H,1H3,(H,15,16,18). The third kappa shape index (κ3) is 2.89. The fraction of sp³-hybridized carbons (Fsp3) is 0.0833. The minimum Gasteiger partial charge on any atom is -0.300 e. The quantitative estimate of drug-likeness (QED) is 0.402. The molecule has 7 nitrogen and oxygen atoms in total. The molecular formula is C12H7ClN4O3S. The number of thioether (sulfide) groups is 1. The first kappa shape index (κ1) is 15.0. The van der Waals surface area contributed by atoms with Crippen molar-refractivity contribution in [2.45, 2.75) is 5.16 Å². The topological polar surface area (TPSA) is 113 Å². The molecule has 2 aromatic rings. The predicted molar refractivity (Wildman–Crippen MR) is 78.5 cm³/mol. The molecule has 1 aromatic carbocycles. The van der Waals surface area contributed by atoms with Crippen molar-refractivity contribution in [3.8, 4) is 17.3 Å². The van der Waals surface area contributed by atoms with Crippen molar-refractivity contribution in [2.75, 3.05) is 6.26 Å². The number of nitrogens with zero attached hydrogens (tertiary/aromatic N) is 3. The van der Waals surface area contributed by atoms with Gasteiger partial charge in [0.05, 0.1) is 15.6 Å². The molecule has 1 N–H and O–H groups in total. The Balaban J connectivity index is 2.80. The van der Waals surface area contributed by atoms with Crippen LogP contribution in [0.15, 0.2) is 28.2 Å².